The van der Waals surface area contributed by atoms with Crippen molar-refractivity contribution < 1.29 is 4.74 Å². The number of benzene rings is 2. The summed E-state index contributed by atoms with van der Waals surface area (Å²) in [5, 5.41) is 5.84. The SMILES string of the molecule is CNCC1CN(C(C)c2ccc3ccccc3c2)CCO1. The van der Waals surface area contributed by atoms with Gasteiger partial charge in [-0.1, -0.05) is 36.4 Å². The second-order valence-corrected chi connectivity index (χ2v) is 5.83. The average molecular weight is 284 g/mol. The topological polar surface area (TPSA) is 24.5 Å². The van der Waals surface area contributed by atoms with Gasteiger partial charge in [-0.15, -0.1) is 0 Å². The quantitative estimate of drug-likeness (QED) is 0.934. The van der Waals surface area contributed by atoms with Crippen LogP contribution in [0.25, 0.3) is 10.8 Å². The largest absolute Gasteiger partial charge is 0.374 e. The Labute approximate surface area is 126 Å². The first-order chi connectivity index (χ1) is 10.3. The van der Waals surface area contributed by atoms with E-state index in [1.165, 1.54) is 16.3 Å². The monoisotopic (exact) mass is 284 g/mol. The molecule has 2 aromatic carbocycles. The number of morpholine rings is 1. The van der Waals surface area contributed by atoms with Crippen molar-refractivity contribution in [3.63, 3.8) is 0 Å². The van der Waals surface area contributed by atoms with Crippen LogP contribution < -0.4 is 5.32 Å². The first kappa shape index (κ1) is 14.5. The second kappa shape index (κ2) is 6.56. The third-order valence-corrected chi connectivity index (χ3v) is 4.41. The smallest absolute Gasteiger partial charge is 0.0826 e. The van der Waals surface area contributed by atoms with Gasteiger partial charge >= 0.3 is 0 Å². The molecule has 0 radical (unpaired) electrons. The normalized spacial score (nSPS) is 21.5. The molecular formula is C18H24N2O. The van der Waals surface area contributed by atoms with Crippen LogP contribution in [0, 0.1) is 0 Å². The molecule has 3 nitrogen and oxygen atoms in total. The summed E-state index contributed by atoms with van der Waals surface area (Å²) in [7, 11) is 1.98. The van der Waals surface area contributed by atoms with E-state index in [0.717, 1.165) is 26.2 Å². The van der Waals surface area contributed by atoms with Crippen LogP contribution in [-0.2, 0) is 4.74 Å². The van der Waals surface area contributed by atoms with E-state index >= 15 is 0 Å². The van der Waals surface area contributed by atoms with E-state index in [2.05, 4.69) is 59.6 Å². The standard InChI is InChI=1S/C18H24N2O/c1-14(20-9-10-21-18(13-20)12-19-2)16-8-7-15-5-3-4-6-17(15)11-16/h3-8,11,14,18-19H,9-10,12-13H2,1-2H3. The van der Waals surface area contributed by atoms with Gasteiger partial charge in [0.2, 0.25) is 0 Å². The fraction of sp³-hybridized carbons (Fsp3) is 0.444. The molecule has 1 fully saturated rings. The molecule has 2 atom stereocenters. The van der Waals surface area contributed by atoms with Gasteiger partial charge in [0.05, 0.1) is 12.7 Å². The lowest BCUT2D eigenvalue weighted by Crippen LogP contribution is -2.46. The zero-order valence-corrected chi connectivity index (χ0v) is 12.9. The summed E-state index contributed by atoms with van der Waals surface area (Å²) in [6.07, 6.45) is 0.298. The summed E-state index contributed by atoms with van der Waals surface area (Å²) in [5.41, 5.74) is 1.39. The van der Waals surface area contributed by atoms with Crippen molar-refractivity contribution in [1.29, 1.82) is 0 Å². The van der Waals surface area contributed by atoms with Gasteiger partial charge in [0, 0.05) is 25.7 Å². The molecule has 0 saturated carbocycles. The average Bonchev–Trinajstić information content (AvgIpc) is 2.54. The summed E-state index contributed by atoms with van der Waals surface area (Å²) in [6.45, 7) is 6.04. The number of ether oxygens (including phenoxy) is 1. The van der Waals surface area contributed by atoms with E-state index in [0.29, 0.717) is 12.1 Å². The molecule has 1 aliphatic rings. The molecule has 0 bridgehead atoms. The minimum absolute atomic E-state index is 0.298. The van der Waals surface area contributed by atoms with Crippen molar-refractivity contribution >= 4 is 10.8 Å². The van der Waals surface area contributed by atoms with Gasteiger partial charge in [-0.05, 0) is 36.4 Å². The predicted molar refractivity (Wildman–Crippen MR) is 87.6 cm³/mol. The minimum Gasteiger partial charge on any atom is -0.374 e. The maximum absolute atomic E-state index is 5.80. The van der Waals surface area contributed by atoms with E-state index in [9.17, 15) is 0 Å². The van der Waals surface area contributed by atoms with E-state index in [1.807, 2.05) is 7.05 Å². The van der Waals surface area contributed by atoms with Crippen molar-refractivity contribution in [2.45, 2.75) is 19.1 Å². The molecule has 0 amide bonds. The first-order valence-corrected chi connectivity index (χ1v) is 7.77. The molecule has 1 heterocycles. The predicted octanol–water partition coefficient (Wildman–Crippen LogP) is 2.82. The number of rotatable bonds is 4. The second-order valence-electron chi connectivity index (χ2n) is 5.83. The van der Waals surface area contributed by atoms with E-state index in [-0.39, 0.29) is 0 Å². The Bertz CT molecular complexity index is 597. The summed E-state index contributed by atoms with van der Waals surface area (Å²) in [4.78, 5) is 2.52. The van der Waals surface area contributed by atoms with Crippen molar-refractivity contribution in [3.05, 3.63) is 48.0 Å². The van der Waals surface area contributed by atoms with Gasteiger partial charge < -0.3 is 10.1 Å². The van der Waals surface area contributed by atoms with Gasteiger partial charge in [-0.3, -0.25) is 4.90 Å². The Morgan fingerprint density at radius 3 is 2.86 bits per heavy atom. The molecule has 1 N–H and O–H groups in total. The molecule has 0 aliphatic carbocycles. The molecule has 1 aliphatic heterocycles. The fourth-order valence-corrected chi connectivity index (χ4v) is 3.12. The molecule has 21 heavy (non-hydrogen) atoms. The van der Waals surface area contributed by atoms with Gasteiger partial charge in [-0.2, -0.15) is 0 Å². The summed E-state index contributed by atoms with van der Waals surface area (Å²) >= 11 is 0. The zero-order chi connectivity index (χ0) is 14.7. The lowest BCUT2D eigenvalue weighted by Gasteiger charge is -2.37. The van der Waals surface area contributed by atoms with Crippen LogP contribution in [0.2, 0.25) is 0 Å². The van der Waals surface area contributed by atoms with Crippen LogP contribution in [-0.4, -0.2) is 44.3 Å². The lowest BCUT2D eigenvalue weighted by molar-refractivity contribution is -0.0392. The molecule has 1 saturated heterocycles. The van der Waals surface area contributed by atoms with Crippen molar-refractivity contribution in [2.24, 2.45) is 0 Å². The zero-order valence-electron chi connectivity index (χ0n) is 12.9. The number of fused-ring (bicyclic) bond motifs is 1. The number of likely N-dealkylation sites (N-methyl/N-ethyl adjacent to an activating group) is 1. The van der Waals surface area contributed by atoms with Gasteiger partial charge in [0.15, 0.2) is 0 Å². The lowest BCUT2D eigenvalue weighted by atomic mass is 10.0. The Kier molecular flexibility index (Phi) is 4.54. The molecule has 0 aromatic heterocycles. The van der Waals surface area contributed by atoms with Crippen LogP contribution in [0.15, 0.2) is 42.5 Å². The number of hydrogen-bond acceptors (Lipinski definition) is 3. The minimum atomic E-state index is 0.298. The molecule has 3 rings (SSSR count). The fourth-order valence-electron chi connectivity index (χ4n) is 3.12. The molecule has 2 aromatic rings. The highest BCUT2D eigenvalue weighted by Gasteiger charge is 2.24. The highest BCUT2D eigenvalue weighted by atomic mass is 16.5. The molecule has 2 unspecified atom stereocenters. The molecule has 112 valence electrons. The van der Waals surface area contributed by atoms with E-state index in [1.54, 1.807) is 0 Å². The highest BCUT2D eigenvalue weighted by Crippen LogP contribution is 2.25. The third kappa shape index (κ3) is 3.26. The van der Waals surface area contributed by atoms with Crippen molar-refractivity contribution in [2.75, 3.05) is 33.3 Å². The number of hydrogen-bond donors (Lipinski definition) is 1. The highest BCUT2D eigenvalue weighted by molar-refractivity contribution is 5.83. The third-order valence-electron chi connectivity index (χ3n) is 4.41. The van der Waals surface area contributed by atoms with Gasteiger partial charge in [0.1, 0.15) is 0 Å². The van der Waals surface area contributed by atoms with E-state index in [4.69, 9.17) is 4.74 Å². The van der Waals surface area contributed by atoms with Gasteiger partial charge in [-0.25, -0.2) is 0 Å². The summed E-state index contributed by atoms with van der Waals surface area (Å²) in [5.74, 6) is 0. The summed E-state index contributed by atoms with van der Waals surface area (Å²) < 4.78 is 5.80. The number of nitrogens with zero attached hydrogens (tertiary/aromatic N) is 1. The van der Waals surface area contributed by atoms with Crippen molar-refractivity contribution in [1.82, 2.24) is 10.2 Å². The molecule has 0 spiro atoms. The van der Waals surface area contributed by atoms with Crippen LogP contribution in [0.3, 0.4) is 0 Å². The Hall–Kier alpha value is -1.42. The van der Waals surface area contributed by atoms with Crippen LogP contribution in [0.1, 0.15) is 18.5 Å². The number of nitrogens with one attached hydrogen (secondary N) is 1. The maximum Gasteiger partial charge on any atom is 0.0826 e. The maximum atomic E-state index is 5.80. The molecular weight excluding hydrogens is 260 g/mol. The van der Waals surface area contributed by atoms with Crippen LogP contribution in [0.5, 0.6) is 0 Å². The molecule has 3 heteroatoms. The van der Waals surface area contributed by atoms with Crippen molar-refractivity contribution in [3.8, 4) is 0 Å². The van der Waals surface area contributed by atoms with Crippen LogP contribution >= 0.6 is 0 Å². The Morgan fingerprint density at radius 1 is 1.24 bits per heavy atom. The Morgan fingerprint density at radius 2 is 2.05 bits per heavy atom. The van der Waals surface area contributed by atoms with Crippen LogP contribution in [0.4, 0.5) is 0 Å². The first-order valence-electron chi connectivity index (χ1n) is 7.77. The van der Waals surface area contributed by atoms with E-state index < -0.39 is 0 Å². The Balaban J connectivity index is 1.77. The van der Waals surface area contributed by atoms with Gasteiger partial charge in [0.25, 0.3) is 0 Å². The summed E-state index contributed by atoms with van der Waals surface area (Å²) in [6, 6.07) is 15.8.